The smallest absolute Gasteiger partial charge is 0.248 e. The molecule has 2 heterocycles. The van der Waals surface area contributed by atoms with Crippen LogP contribution in [0.4, 0.5) is 0 Å². The summed E-state index contributed by atoms with van der Waals surface area (Å²) in [5.74, 6) is 0.563. The fourth-order valence-electron chi connectivity index (χ4n) is 4.99. The molecule has 0 aromatic heterocycles. The molecule has 1 aromatic carbocycles. The molecule has 1 atom stereocenters. The largest absolute Gasteiger partial charge is 0.497 e. The third-order valence-electron chi connectivity index (χ3n) is 7.23. The van der Waals surface area contributed by atoms with Gasteiger partial charge in [-0.2, -0.15) is 4.31 Å². The lowest BCUT2D eigenvalue weighted by Gasteiger charge is -2.26. The van der Waals surface area contributed by atoms with Crippen molar-refractivity contribution in [2.75, 3.05) is 80.2 Å². The van der Waals surface area contributed by atoms with Crippen LogP contribution in [0.2, 0.25) is 0 Å². The molecule has 9 nitrogen and oxygen atoms in total. The van der Waals surface area contributed by atoms with Crippen LogP contribution >= 0.6 is 0 Å². The maximum absolute atomic E-state index is 13.1. The summed E-state index contributed by atoms with van der Waals surface area (Å²) in [6.45, 7) is 10.3. The molecule has 198 valence electrons. The molecule has 2 saturated heterocycles. The van der Waals surface area contributed by atoms with Crippen LogP contribution in [0, 0.1) is 13.8 Å². The van der Waals surface area contributed by atoms with Gasteiger partial charge in [0.15, 0.2) is 0 Å². The van der Waals surface area contributed by atoms with Crippen LogP contribution in [0.1, 0.15) is 30.4 Å². The van der Waals surface area contributed by atoms with Gasteiger partial charge in [0.1, 0.15) is 12.4 Å². The van der Waals surface area contributed by atoms with Crippen molar-refractivity contribution in [3.63, 3.8) is 0 Å². The third kappa shape index (κ3) is 7.16. The Bertz CT molecular complexity index is 942. The van der Waals surface area contributed by atoms with E-state index in [1.54, 1.807) is 38.0 Å². The first kappa shape index (κ1) is 27.9. The van der Waals surface area contributed by atoms with Crippen molar-refractivity contribution in [1.29, 1.82) is 0 Å². The normalized spacial score (nSPS) is 19.5. The minimum absolute atomic E-state index is 0.0464. The highest BCUT2D eigenvalue weighted by atomic mass is 32.2. The fourth-order valence-corrected chi connectivity index (χ4v) is 6.55. The number of benzene rings is 1. The van der Waals surface area contributed by atoms with Gasteiger partial charge >= 0.3 is 0 Å². The van der Waals surface area contributed by atoms with E-state index in [1.807, 2.05) is 7.05 Å². The van der Waals surface area contributed by atoms with Gasteiger partial charge in [-0.15, -0.1) is 0 Å². The quantitative estimate of drug-likeness (QED) is 0.395. The molecule has 0 spiro atoms. The molecule has 2 aliphatic heterocycles. The van der Waals surface area contributed by atoms with E-state index in [0.29, 0.717) is 16.9 Å². The standard InChI is InChI=1S/C25H42N4O5S/c1-20-16-23(33-5)17-21(2)25(20)35(31,32)26(3)14-15-34-19-24(30)27(4)22-8-11-29(18-22)13-12-28-9-6-7-10-28/h16-17,22H,6-15,18-19H2,1-5H3. The van der Waals surface area contributed by atoms with Gasteiger partial charge in [-0.3, -0.25) is 9.69 Å². The number of methoxy groups -OCH3 is 1. The molecular weight excluding hydrogens is 468 g/mol. The number of rotatable bonds is 12. The number of nitrogens with zero attached hydrogens (tertiary/aromatic N) is 4. The lowest BCUT2D eigenvalue weighted by Crippen LogP contribution is -2.42. The molecule has 0 radical (unpaired) electrons. The predicted octanol–water partition coefficient (Wildman–Crippen LogP) is 1.58. The number of sulfonamides is 1. The summed E-state index contributed by atoms with van der Waals surface area (Å²) in [6.07, 6.45) is 3.59. The van der Waals surface area contributed by atoms with E-state index in [1.165, 1.54) is 37.3 Å². The van der Waals surface area contributed by atoms with Crippen LogP contribution in [-0.2, 0) is 19.6 Å². The molecule has 10 heteroatoms. The van der Waals surface area contributed by atoms with E-state index >= 15 is 0 Å². The van der Waals surface area contributed by atoms with Crippen LogP contribution in [0.15, 0.2) is 17.0 Å². The molecule has 1 aromatic rings. The van der Waals surface area contributed by atoms with Crippen molar-refractivity contribution in [2.45, 2.75) is 44.0 Å². The van der Waals surface area contributed by atoms with E-state index in [2.05, 4.69) is 9.80 Å². The molecule has 1 amide bonds. The Hall–Kier alpha value is -1.72. The molecule has 0 N–H and O–H groups in total. The predicted molar refractivity (Wildman–Crippen MR) is 136 cm³/mol. The van der Waals surface area contributed by atoms with Crippen molar-refractivity contribution >= 4 is 15.9 Å². The summed E-state index contributed by atoms with van der Waals surface area (Å²) in [5, 5.41) is 0. The van der Waals surface area contributed by atoms with Crippen molar-refractivity contribution < 1.29 is 22.7 Å². The van der Waals surface area contributed by atoms with Crippen molar-refractivity contribution in [3.8, 4) is 5.75 Å². The van der Waals surface area contributed by atoms with Crippen LogP contribution in [0.3, 0.4) is 0 Å². The summed E-state index contributed by atoms with van der Waals surface area (Å²) in [4.78, 5) is 19.7. The number of ether oxygens (including phenoxy) is 2. The summed E-state index contributed by atoms with van der Waals surface area (Å²) in [7, 11) is 1.25. The highest BCUT2D eigenvalue weighted by molar-refractivity contribution is 7.89. The van der Waals surface area contributed by atoms with Gasteiger partial charge in [-0.25, -0.2) is 8.42 Å². The van der Waals surface area contributed by atoms with Crippen LogP contribution < -0.4 is 4.74 Å². The summed E-state index contributed by atoms with van der Waals surface area (Å²) < 4.78 is 38.3. The first-order valence-corrected chi connectivity index (χ1v) is 14.0. The Kier molecular flexibility index (Phi) is 9.94. The van der Waals surface area contributed by atoms with Gasteiger partial charge in [0.2, 0.25) is 15.9 Å². The average molecular weight is 511 g/mol. The van der Waals surface area contributed by atoms with Crippen molar-refractivity contribution in [1.82, 2.24) is 19.0 Å². The molecular formula is C25H42N4O5S. The van der Waals surface area contributed by atoms with E-state index in [0.717, 1.165) is 32.6 Å². The van der Waals surface area contributed by atoms with E-state index in [4.69, 9.17) is 9.47 Å². The molecule has 0 saturated carbocycles. The van der Waals surface area contributed by atoms with Crippen LogP contribution in [0.25, 0.3) is 0 Å². The Morgan fingerprint density at radius 3 is 2.31 bits per heavy atom. The molecule has 35 heavy (non-hydrogen) atoms. The SMILES string of the molecule is COc1cc(C)c(S(=O)(=O)N(C)CCOCC(=O)N(C)C2CCN(CCN3CCCC3)C2)c(C)c1. The van der Waals surface area contributed by atoms with Crippen LogP contribution in [-0.4, -0.2) is 120 Å². The number of hydrogen-bond donors (Lipinski definition) is 0. The zero-order valence-corrected chi connectivity index (χ0v) is 22.8. The highest BCUT2D eigenvalue weighted by Crippen LogP contribution is 2.27. The second-order valence-corrected chi connectivity index (χ2v) is 11.7. The molecule has 0 bridgehead atoms. The zero-order chi connectivity index (χ0) is 25.6. The van der Waals surface area contributed by atoms with Gasteiger partial charge in [-0.05, 0) is 69.5 Å². The minimum atomic E-state index is -3.68. The summed E-state index contributed by atoms with van der Waals surface area (Å²) in [5.41, 5.74) is 1.27. The summed E-state index contributed by atoms with van der Waals surface area (Å²) in [6, 6.07) is 3.64. The molecule has 2 fully saturated rings. The van der Waals surface area contributed by atoms with E-state index in [-0.39, 0.29) is 36.6 Å². The second-order valence-electron chi connectivity index (χ2n) is 9.77. The second kappa shape index (κ2) is 12.5. The van der Waals surface area contributed by atoms with E-state index in [9.17, 15) is 13.2 Å². The maximum atomic E-state index is 13.1. The number of likely N-dealkylation sites (tertiary alicyclic amines) is 2. The Morgan fingerprint density at radius 1 is 1.06 bits per heavy atom. The molecule has 1 unspecified atom stereocenters. The fraction of sp³-hybridized carbons (Fsp3) is 0.720. The lowest BCUT2D eigenvalue weighted by atomic mass is 10.1. The zero-order valence-electron chi connectivity index (χ0n) is 22.0. The Morgan fingerprint density at radius 2 is 1.69 bits per heavy atom. The number of carbonyl (C=O) groups is 1. The average Bonchev–Trinajstić information content (AvgIpc) is 3.51. The van der Waals surface area contributed by atoms with Crippen molar-refractivity contribution in [2.24, 2.45) is 0 Å². The molecule has 2 aliphatic rings. The van der Waals surface area contributed by atoms with Crippen LogP contribution in [0.5, 0.6) is 5.75 Å². The Balaban J connectivity index is 1.41. The van der Waals surface area contributed by atoms with E-state index < -0.39 is 10.0 Å². The Labute approximate surface area is 211 Å². The van der Waals surface area contributed by atoms with Gasteiger partial charge in [0.05, 0.1) is 18.6 Å². The maximum Gasteiger partial charge on any atom is 0.248 e. The number of aryl methyl sites for hydroxylation is 2. The van der Waals surface area contributed by atoms with Gasteiger partial charge in [-0.1, -0.05) is 0 Å². The number of amides is 1. The third-order valence-corrected chi connectivity index (χ3v) is 9.40. The topological polar surface area (TPSA) is 82.6 Å². The van der Waals surface area contributed by atoms with Gasteiger partial charge in [0, 0.05) is 52.9 Å². The summed E-state index contributed by atoms with van der Waals surface area (Å²) >= 11 is 0. The molecule has 0 aliphatic carbocycles. The minimum Gasteiger partial charge on any atom is -0.497 e. The van der Waals surface area contributed by atoms with Crippen molar-refractivity contribution in [3.05, 3.63) is 23.3 Å². The number of carbonyl (C=O) groups excluding carboxylic acids is 1. The molecule has 3 rings (SSSR count). The number of likely N-dealkylation sites (N-methyl/N-ethyl adjacent to an activating group) is 2. The first-order valence-electron chi connectivity index (χ1n) is 12.5. The van der Waals surface area contributed by atoms with Gasteiger partial charge < -0.3 is 19.3 Å². The number of hydrogen-bond acceptors (Lipinski definition) is 7. The monoisotopic (exact) mass is 510 g/mol. The highest BCUT2D eigenvalue weighted by Gasteiger charge is 2.29. The lowest BCUT2D eigenvalue weighted by molar-refractivity contribution is -0.136. The first-order chi connectivity index (χ1) is 16.6. The van der Waals surface area contributed by atoms with Gasteiger partial charge in [0.25, 0.3) is 0 Å².